The van der Waals surface area contributed by atoms with Gasteiger partial charge in [0.15, 0.2) is 0 Å². The highest BCUT2D eigenvalue weighted by atomic mass is 16.5. The molecule has 160 valence electrons. The number of anilines is 1. The molecule has 2 amide bonds. The van der Waals surface area contributed by atoms with Crippen molar-refractivity contribution < 1.29 is 14.3 Å². The highest BCUT2D eigenvalue weighted by Crippen LogP contribution is 2.22. The summed E-state index contributed by atoms with van der Waals surface area (Å²) in [6.07, 6.45) is 2.66. The van der Waals surface area contributed by atoms with Crippen molar-refractivity contribution in [1.82, 2.24) is 5.32 Å². The van der Waals surface area contributed by atoms with Crippen LogP contribution in [0.15, 0.2) is 78.9 Å². The molecule has 3 aromatic carbocycles. The summed E-state index contributed by atoms with van der Waals surface area (Å²) in [5.41, 5.74) is 2.51. The molecule has 0 aromatic heterocycles. The van der Waals surface area contributed by atoms with E-state index < -0.39 is 0 Å². The Morgan fingerprint density at radius 1 is 0.806 bits per heavy atom. The topological polar surface area (TPSA) is 67.4 Å². The summed E-state index contributed by atoms with van der Waals surface area (Å²) in [7, 11) is 0. The minimum atomic E-state index is -0.316. The van der Waals surface area contributed by atoms with E-state index in [1.54, 1.807) is 42.5 Å². The Kier molecular flexibility index (Phi) is 8.23. The molecule has 0 fully saturated rings. The molecule has 0 saturated carbocycles. The second kappa shape index (κ2) is 11.6. The van der Waals surface area contributed by atoms with Crippen molar-refractivity contribution in [2.24, 2.45) is 0 Å². The number of hydrogen-bond acceptors (Lipinski definition) is 3. The van der Waals surface area contributed by atoms with Crippen LogP contribution in [0.4, 0.5) is 5.69 Å². The zero-order valence-corrected chi connectivity index (χ0v) is 17.8. The molecule has 31 heavy (non-hydrogen) atoms. The van der Waals surface area contributed by atoms with Gasteiger partial charge in [-0.2, -0.15) is 0 Å². The van der Waals surface area contributed by atoms with Crippen LogP contribution >= 0.6 is 0 Å². The minimum Gasteiger partial charge on any atom is -0.492 e. The molecule has 2 N–H and O–H groups in total. The van der Waals surface area contributed by atoms with E-state index in [2.05, 4.69) is 17.6 Å². The molecule has 0 bridgehead atoms. The fourth-order valence-corrected chi connectivity index (χ4v) is 3.16. The summed E-state index contributed by atoms with van der Waals surface area (Å²) in [4.78, 5) is 25.5. The summed E-state index contributed by atoms with van der Waals surface area (Å²) in [5, 5.41) is 5.76. The summed E-state index contributed by atoms with van der Waals surface area (Å²) >= 11 is 0. The minimum absolute atomic E-state index is 0.197. The molecule has 0 aliphatic rings. The van der Waals surface area contributed by atoms with Crippen molar-refractivity contribution in [3.05, 3.63) is 95.6 Å². The van der Waals surface area contributed by atoms with E-state index in [1.165, 1.54) is 5.56 Å². The third kappa shape index (κ3) is 6.44. The van der Waals surface area contributed by atoms with Gasteiger partial charge in [0.05, 0.1) is 23.4 Å². The predicted octanol–water partition coefficient (Wildman–Crippen LogP) is 5.09. The average molecular weight is 417 g/mol. The van der Waals surface area contributed by atoms with Crippen LogP contribution in [0.3, 0.4) is 0 Å². The van der Waals surface area contributed by atoms with Crippen LogP contribution in [0.25, 0.3) is 0 Å². The molecule has 0 aliphatic heterocycles. The second-order valence-electron chi connectivity index (χ2n) is 7.19. The van der Waals surface area contributed by atoms with Gasteiger partial charge in [-0.05, 0) is 36.2 Å². The lowest BCUT2D eigenvalue weighted by Gasteiger charge is -2.14. The summed E-state index contributed by atoms with van der Waals surface area (Å²) in [6.45, 7) is 3.14. The first kappa shape index (κ1) is 22.1. The van der Waals surface area contributed by atoms with Crippen molar-refractivity contribution in [2.45, 2.75) is 26.2 Å². The molecule has 0 aliphatic carbocycles. The number of carbonyl (C=O) groups is 2. The molecule has 0 atom stereocenters. The van der Waals surface area contributed by atoms with Gasteiger partial charge in [0.25, 0.3) is 11.8 Å². The third-order valence-electron chi connectivity index (χ3n) is 4.86. The van der Waals surface area contributed by atoms with Gasteiger partial charge in [-0.3, -0.25) is 9.59 Å². The summed E-state index contributed by atoms with van der Waals surface area (Å²) in [6, 6.07) is 24.2. The van der Waals surface area contributed by atoms with E-state index in [9.17, 15) is 9.59 Å². The maximum absolute atomic E-state index is 13.0. The van der Waals surface area contributed by atoms with E-state index in [1.807, 2.05) is 36.4 Å². The smallest absolute Gasteiger partial charge is 0.259 e. The molecule has 0 unspecified atom stereocenters. The Labute approximate surface area is 183 Å². The molecular weight excluding hydrogens is 388 g/mol. The van der Waals surface area contributed by atoms with Gasteiger partial charge in [-0.25, -0.2) is 0 Å². The molecular formula is C26H28N2O3. The van der Waals surface area contributed by atoms with Crippen LogP contribution in [0.1, 0.15) is 46.0 Å². The maximum atomic E-state index is 13.0. The first-order valence-electron chi connectivity index (χ1n) is 10.6. The molecule has 0 heterocycles. The van der Waals surface area contributed by atoms with Crippen LogP contribution in [-0.2, 0) is 6.42 Å². The molecule has 3 aromatic rings. The van der Waals surface area contributed by atoms with Crippen LogP contribution in [-0.4, -0.2) is 25.0 Å². The van der Waals surface area contributed by atoms with Crippen molar-refractivity contribution in [3.63, 3.8) is 0 Å². The lowest BCUT2D eigenvalue weighted by atomic mass is 10.1. The van der Waals surface area contributed by atoms with E-state index in [4.69, 9.17) is 4.74 Å². The molecule has 0 spiro atoms. The van der Waals surface area contributed by atoms with Gasteiger partial charge in [0.1, 0.15) is 5.75 Å². The zero-order valence-electron chi connectivity index (χ0n) is 17.8. The van der Waals surface area contributed by atoms with Gasteiger partial charge < -0.3 is 15.4 Å². The molecule has 3 rings (SSSR count). The number of carbonyl (C=O) groups excluding carboxylic acids is 2. The Hall–Kier alpha value is -3.60. The number of benzene rings is 3. The number of nitrogens with one attached hydrogen (secondary N) is 2. The number of ether oxygens (including phenoxy) is 1. The summed E-state index contributed by atoms with van der Waals surface area (Å²) < 4.78 is 5.90. The molecule has 5 nitrogen and oxygen atoms in total. The lowest BCUT2D eigenvalue weighted by Crippen LogP contribution is -2.26. The fraction of sp³-hybridized carbons (Fsp3) is 0.231. The van der Waals surface area contributed by atoms with Gasteiger partial charge in [-0.15, -0.1) is 0 Å². The van der Waals surface area contributed by atoms with Gasteiger partial charge in [0.2, 0.25) is 0 Å². The fourth-order valence-electron chi connectivity index (χ4n) is 3.16. The lowest BCUT2D eigenvalue weighted by molar-refractivity contribution is 0.0954. The number of para-hydroxylation sites is 2. The van der Waals surface area contributed by atoms with Crippen LogP contribution < -0.4 is 15.4 Å². The largest absolute Gasteiger partial charge is 0.492 e. The second-order valence-corrected chi connectivity index (χ2v) is 7.19. The Bertz CT molecular complexity index is 1000. The highest BCUT2D eigenvalue weighted by Gasteiger charge is 2.16. The quantitative estimate of drug-likeness (QED) is 0.452. The van der Waals surface area contributed by atoms with Crippen LogP contribution in [0.2, 0.25) is 0 Å². The number of rotatable bonds is 10. The van der Waals surface area contributed by atoms with E-state index in [0.29, 0.717) is 35.7 Å². The van der Waals surface area contributed by atoms with Crippen molar-refractivity contribution in [2.75, 3.05) is 18.5 Å². The average Bonchev–Trinajstić information content (AvgIpc) is 2.80. The SMILES string of the molecule is CCCCNC(=O)c1ccccc1NC(=O)c1ccccc1OCCc1ccccc1. The van der Waals surface area contributed by atoms with Crippen molar-refractivity contribution >= 4 is 17.5 Å². The Balaban J connectivity index is 1.68. The van der Waals surface area contributed by atoms with Gasteiger partial charge in [0, 0.05) is 13.0 Å². The normalized spacial score (nSPS) is 10.4. The third-order valence-corrected chi connectivity index (χ3v) is 4.86. The van der Waals surface area contributed by atoms with E-state index >= 15 is 0 Å². The number of hydrogen-bond donors (Lipinski definition) is 2. The van der Waals surface area contributed by atoms with Crippen LogP contribution in [0.5, 0.6) is 5.75 Å². The monoisotopic (exact) mass is 416 g/mol. The number of unbranched alkanes of at least 4 members (excludes halogenated alkanes) is 1. The highest BCUT2D eigenvalue weighted by molar-refractivity contribution is 6.10. The maximum Gasteiger partial charge on any atom is 0.259 e. The van der Waals surface area contributed by atoms with Crippen LogP contribution in [0, 0.1) is 0 Å². The Morgan fingerprint density at radius 2 is 1.48 bits per heavy atom. The standard InChI is InChI=1S/C26H28N2O3/c1-2-3-18-27-25(29)21-13-7-9-15-23(21)28-26(30)22-14-8-10-16-24(22)31-19-17-20-11-5-4-6-12-20/h4-16H,2-3,17-19H2,1H3,(H,27,29)(H,28,30). The zero-order chi connectivity index (χ0) is 21.9. The van der Waals surface area contributed by atoms with Gasteiger partial charge in [-0.1, -0.05) is 67.9 Å². The van der Waals surface area contributed by atoms with Gasteiger partial charge >= 0.3 is 0 Å². The molecule has 5 heteroatoms. The van der Waals surface area contributed by atoms with E-state index in [-0.39, 0.29) is 11.8 Å². The summed E-state index contributed by atoms with van der Waals surface area (Å²) in [5.74, 6) is 0.00155. The Morgan fingerprint density at radius 3 is 2.26 bits per heavy atom. The predicted molar refractivity (Wildman–Crippen MR) is 124 cm³/mol. The number of amides is 2. The molecule has 0 saturated heterocycles. The molecule has 0 radical (unpaired) electrons. The van der Waals surface area contributed by atoms with Crippen molar-refractivity contribution in [3.8, 4) is 5.75 Å². The first-order chi connectivity index (χ1) is 15.2. The van der Waals surface area contributed by atoms with Crippen molar-refractivity contribution in [1.29, 1.82) is 0 Å². The first-order valence-corrected chi connectivity index (χ1v) is 10.6. The van der Waals surface area contributed by atoms with E-state index in [0.717, 1.165) is 19.3 Å².